The molecule has 0 aliphatic heterocycles. The normalized spacial score (nSPS) is 11.8. The number of esters is 1. The molecule has 0 aliphatic rings. The van der Waals surface area contributed by atoms with Gasteiger partial charge in [-0.25, -0.2) is 0 Å². The van der Waals surface area contributed by atoms with Crippen LogP contribution < -0.4 is 15.2 Å². The van der Waals surface area contributed by atoms with Crippen LogP contribution in [0.4, 0.5) is 0 Å². The van der Waals surface area contributed by atoms with Crippen LogP contribution in [-0.2, 0) is 9.53 Å². The Morgan fingerprint density at radius 1 is 1.25 bits per heavy atom. The van der Waals surface area contributed by atoms with Crippen molar-refractivity contribution in [2.24, 2.45) is 5.73 Å². The molecule has 0 heterocycles. The van der Waals surface area contributed by atoms with Gasteiger partial charge in [-0.15, -0.1) is 0 Å². The monoisotopic (exact) mass is 225 g/mol. The van der Waals surface area contributed by atoms with Gasteiger partial charge in [-0.2, -0.15) is 0 Å². The van der Waals surface area contributed by atoms with Crippen LogP contribution in [0.25, 0.3) is 0 Å². The zero-order chi connectivity index (χ0) is 12.1. The Hall–Kier alpha value is -1.75. The van der Waals surface area contributed by atoms with E-state index < -0.39 is 12.0 Å². The summed E-state index contributed by atoms with van der Waals surface area (Å²) in [5, 5.41) is 0. The molecule has 1 rings (SSSR count). The van der Waals surface area contributed by atoms with Gasteiger partial charge in [-0.05, 0) is 18.2 Å². The van der Waals surface area contributed by atoms with Crippen LogP contribution in [0.15, 0.2) is 18.2 Å². The zero-order valence-corrected chi connectivity index (χ0v) is 9.52. The average molecular weight is 225 g/mol. The predicted molar refractivity (Wildman–Crippen MR) is 58.5 cm³/mol. The maximum absolute atomic E-state index is 11.3. The summed E-state index contributed by atoms with van der Waals surface area (Å²) in [6, 6.07) is 4.19. The van der Waals surface area contributed by atoms with E-state index in [4.69, 9.17) is 15.2 Å². The molecule has 0 aromatic heterocycles. The van der Waals surface area contributed by atoms with Crippen molar-refractivity contribution in [1.82, 2.24) is 0 Å². The van der Waals surface area contributed by atoms with Gasteiger partial charge in [0.1, 0.15) is 17.5 Å². The van der Waals surface area contributed by atoms with Gasteiger partial charge in [0.15, 0.2) is 0 Å². The molecule has 1 aromatic rings. The van der Waals surface area contributed by atoms with Gasteiger partial charge in [-0.1, -0.05) is 0 Å². The van der Waals surface area contributed by atoms with Crippen molar-refractivity contribution in [1.29, 1.82) is 0 Å². The van der Waals surface area contributed by atoms with Crippen LogP contribution in [0.2, 0.25) is 0 Å². The smallest absolute Gasteiger partial charge is 0.327 e. The van der Waals surface area contributed by atoms with Crippen molar-refractivity contribution < 1.29 is 19.0 Å². The third-order valence-electron chi connectivity index (χ3n) is 2.23. The Labute approximate surface area is 94.1 Å². The van der Waals surface area contributed by atoms with Crippen molar-refractivity contribution in [3.63, 3.8) is 0 Å². The molecule has 0 radical (unpaired) electrons. The lowest BCUT2D eigenvalue weighted by molar-refractivity contribution is -0.142. The van der Waals surface area contributed by atoms with Crippen LogP contribution in [-0.4, -0.2) is 27.3 Å². The fourth-order valence-electron chi connectivity index (χ4n) is 1.34. The van der Waals surface area contributed by atoms with Crippen molar-refractivity contribution in [2.75, 3.05) is 21.3 Å². The lowest BCUT2D eigenvalue weighted by Crippen LogP contribution is -2.23. The van der Waals surface area contributed by atoms with Gasteiger partial charge in [0.25, 0.3) is 0 Å². The van der Waals surface area contributed by atoms with Crippen LogP contribution >= 0.6 is 0 Å². The van der Waals surface area contributed by atoms with E-state index >= 15 is 0 Å². The molecule has 0 aliphatic carbocycles. The second-order valence-corrected chi connectivity index (χ2v) is 3.11. The number of rotatable bonds is 4. The Morgan fingerprint density at radius 3 is 2.44 bits per heavy atom. The minimum absolute atomic E-state index is 0.522. The second-order valence-electron chi connectivity index (χ2n) is 3.11. The van der Waals surface area contributed by atoms with Crippen LogP contribution in [0.5, 0.6) is 11.5 Å². The largest absolute Gasteiger partial charge is 0.497 e. The fraction of sp³-hybridized carbons (Fsp3) is 0.364. The molecule has 0 fully saturated rings. The number of hydrogen-bond donors (Lipinski definition) is 1. The first-order chi connectivity index (χ1) is 7.63. The van der Waals surface area contributed by atoms with E-state index in [-0.39, 0.29) is 0 Å². The Balaban J connectivity index is 3.12. The highest BCUT2D eigenvalue weighted by atomic mass is 16.5. The minimum Gasteiger partial charge on any atom is -0.497 e. The Kier molecular flexibility index (Phi) is 4.13. The molecule has 1 atom stereocenters. The second kappa shape index (κ2) is 5.37. The van der Waals surface area contributed by atoms with Crippen molar-refractivity contribution in [3.05, 3.63) is 23.8 Å². The summed E-state index contributed by atoms with van der Waals surface area (Å²) < 4.78 is 14.8. The summed E-state index contributed by atoms with van der Waals surface area (Å²) in [5.41, 5.74) is 6.27. The van der Waals surface area contributed by atoms with Crippen molar-refractivity contribution in [3.8, 4) is 11.5 Å². The predicted octanol–water partition coefficient (Wildman–Crippen LogP) is 0.877. The lowest BCUT2D eigenvalue weighted by Gasteiger charge is -2.14. The molecule has 0 amide bonds. The summed E-state index contributed by atoms with van der Waals surface area (Å²) in [5.74, 6) is 0.611. The van der Waals surface area contributed by atoms with E-state index in [2.05, 4.69) is 4.74 Å². The van der Waals surface area contributed by atoms with Gasteiger partial charge in [-0.3, -0.25) is 4.79 Å². The van der Waals surface area contributed by atoms with E-state index in [1.165, 1.54) is 21.3 Å². The number of carbonyl (C=O) groups excluding carboxylic acids is 1. The highest BCUT2D eigenvalue weighted by molar-refractivity contribution is 5.78. The number of ether oxygens (including phenoxy) is 3. The van der Waals surface area contributed by atoms with E-state index in [9.17, 15) is 4.79 Å². The number of carbonyl (C=O) groups is 1. The van der Waals surface area contributed by atoms with Gasteiger partial charge in [0, 0.05) is 5.56 Å². The average Bonchev–Trinajstić information content (AvgIpc) is 2.35. The SMILES string of the molecule is COC(=O)[C@@H](N)c1cc(OC)ccc1OC. The van der Waals surface area contributed by atoms with Crippen LogP contribution in [0, 0.1) is 0 Å². The molecular formula is C11H15NO4. The first-order valence-electron chi connectivity index (χ1n) is 4.69. The van der Waals surface area contributed by atoms with Gasteiger partial charge >= 0.3 is 5.97 Å². The summed E-state index contributed by atoms with van der Waals surface area (Å²) >= 11 is 0. The first-order valence-corrected chi connectivity index (χ1v) is 4.69. The molecule has 1 aromatic carbocycles. The topological polar surface area (TPSA) is 70.8 Å². The van der Waals surface area contributed by atoms with Gasteiger partial charge < -0.3 is 19.9 Å². The number of hydrogen-bond acceptors (Lipinski definition) is 5. The molecule has 0 unspecified atom stereocenters. The first kappa shape index (κ1) is 12.3. The standard InChI is InChI=1S/C11H15NO4/c1-14-7-4-5-9(15-2)8(6-7)10(12)11(13)16-3/h4-6,10H,12H2,1-3H3/t10-/m0/s1. The van der Waals surface area contributed by atoms with Crippen LogP contribution in [0.1, 0.15) is 11.6 Å². The molecule has 0 saturated heterocycles. The highest BCUT2D eigenvalue weighted by Gasteiger charge is 2.20. The summed E-state index contributed by atoms with van der Waals surface area (Å²) in [7, 11) is 4.33. The molecule has 88 valence electrons. The third kappa shape index (κ3) is 2.43. The summed E-state index contributed by atoms with van der Waals surface area (Å²) in [6.07, 6.45) is 0. The fourth-order valence-corrected chi connectivity index (χ4v) is 1.34. The van der Waals surface area contributed by atoms with E-state index in [1.807, 2.05) is 0 Å². The van der Waals surface area contributed by atoms with Crippen LogP contribution in [0.3, 0.4) is 0 Å². The molecule has 0 bridgehead atoms. The molecular weight excluding hydrogens is 210 g/mol. The molecule has 0 spiro atoms. The van der Waals surface area contributed by atoms with E-state index in [0.29, 0.717) is 17.1 Å². The van der Waals surface area contributed by atoms with Crippen molar-refractivity contribution >= 4 is 5.97 Å². The number of methoxy groups -OCH3 is 3. The van der Waals surface area contributed by atoms with Gasteiger partial charge in [0.2, 0.25) is 0 Å². The molecule has 0 saturated carbocycles. The summed E-state index contributed by atoms with van der Waals surface area (Å²) in [4.78, 5) is 11.3. The van der Waals surface area contributed by atoms with E-state index in [1.54, 1.807) is 18.2 Å². The molecule has 16 heavy (non-hydrogen) atoms. The maximum Gasteiger partial charge on any atom is 0.327 e. The van der Waals surface area contributed by atoms with E-state index in [0.717, 1.165) is 0 Å². The Morgan fingerprint density at radius 2 is 1.94 bits per heavy atom. The lowest BCUT2D eigenvalue weighted by atomic mass is 10.1. The maximum atomic E-state index is 11.3. The quantitative estimate of drug-likeness (QED) is 0.770. The Bertz CT molecular complexity index is 378. The third-order valence-corrected chi connectivity index (χ3v) is 2.23. The minimum atomic E-state index is -0.880. The molecule has 2 N–H and O–H groups in total. The highest BCUT2D eigenvalue weighted by Crippen LogP contribution is 2.28. The zero-order valence-electron chi connectivity index (χ0n) is 9.52. The van der Waals surface area contributed by atoms with Gasteiger partial charge in [0.05, 0.1) is 21.3 Å². The number of nitrogens with two attached hydrogens (primary N) is 1. The molecule has 5 heteroatoms. The van der Waals surface area contributed by atoms with Crippen molar-refractivity contribution in [2.45, 2.75) is 6.04 Å². The number of benzene rings is 1. The summed E-state index contributed by atoms with van der Waals surface area (Å²) in [6.45, 7) is 0. The molecule has 5 nitrogen and oxygen atoms in total.